The molecule has 4 heteroatoms. The van der Waals surface area contributed by atoms with Gasteiger partial charge in [0.05, 0.1) is 0 Å². The van der Waals surface area contributed by atoms with E-state index in [0.29, 0.717) is 0 Å². The fraction of sp³-hybridized carbons (Fsp3) is 0.286. The summed E-state index contributed by atoms with van der Waals surface area (Å²) in [5.41, 5.74) is 7.79. The van der Waals surface area contributed by atoms with E-state index >= 15 is 0 Å². The molecule has 0 fully saturated rings. The van der Waals surface area contributed by atoms with Crippen LogP contribution in [0.15, 0.2) is 35.7 Å². The number of thiophene rings is 1. The molecule has 2 aromatic rings. The second kappa shape index (κ2) is 6.23. The average Bonchev–Trinajstić information content (AvgIpc) is 2.85. The molecule has 1 aromatic carbocycles. The molecule has 0 aliphatic carbocycles. The number of rotatable bonds is 5. The van der Waals surface area contributed by atoms with E-state index in [-0.39, 0.29) is 0 Å². The smallest absolute Gasteiger partial charge is 0.0471 e. The maximum atomic E-state index is 6.21. The molecule has 0 bridgehead atoms. The topological polar surface area (TPSA) is 29.3 Å². The van der Waals surface area contributed by atoms with Crippen molar-refractivity contribution in [1.82, 2.24) is 4.90 Å². The van der Waals surface area contributed by atoms with Gasteiger partial charge >= 0.3 is 0 Å². The van der Waals surface area contributed by atoms with Gasteiger partial charge in [-0.15, -0.1) is 11.3 Å². The van der Waals surface area contributed by atoms with Gasteiger partial charge in [-0.25, -0.2) is 0 Å². The molecule has 2 rings (SSSR count). The van der Waals surface area contributed by atoms with Gasteiger partial charge in [0, 0.05) is 34.2 Å². The number of nitrogen functional groups attached to an aromatic ring is 1. The van der Waals surface area contributed by atoms with Gasteiger partial charge in [0.15, 0.2) is 0 Å². The molecule has 2 N–H and O–H groups in total. The van der Waals surface area contributed by atoms with Gasteiger partial charge in [0.25, 0.3) is 0 Å². The number of anilines is 1. The molecule has 0 unspecified atom stereocenters. The molecule has 0 atom stereocenters. The van der Waals surface area contributed by atoms with Crippen molar-refractivity contribution >= 4 is 28.6 Å². The van der Waals surface area contributed by atoms with Crippen LogP contribution in [0.1, 0.15) is 17.4 Å². The normalized spacial score (nSPS) is 11.1. The van der Waals surface area contributed by atoms with Crippen LogP contribution in [0.25, 0.3) is 0 Å². The molecule has 0 radical (unpaired) electrons. The van der Waals surface area contributed by atoms with Crippen molar-refractivity contribution in [2.24, 2.45) is 0 Å². The first-order chi connectivity index (χ1) is 8.70. The standard InChI is InChI=1S/C14H17ClN2S/c1-2-17(9-11-5-4-8-18-11)10-12-13(15)6-3-7-14(12)16/h3-8H,2,9-10,16H2,1H3. The highest BCUT2D eigenvalue weighted by molar-refractivity contribution is 7.09. The maximum absolute atomic E-state index is 6.21. The Bertz CT molecular complexity index is 476. The van der Waals surface area contributed by atoms with Crippen LogP contribution in [0, 0.1) is 0 Å². The highest BCUT2D eigenvalue weighted by Gasteiger charge is 2.10. The Hall–Kier alpha value is -1.03. The van der Waals surface area contributed by atoms with Gasteiger partial charge in [-0.3, -0.25) is 4.90 Å². The van der Waals surface area contributed by atoms with Gasteiger partial charge in [-0.2, -0.15) is 0 Å². The van der Waals surface area contributed by atoms with Gasteiger partial charge in [-0.1, -0.05) is 30.7 Å². The molecular formula is C14H17ClN2S. The second-order valence-corrected chi connectivity index (χ2v) is 5.63. The van der Waals surface area contributed by atoms with Crippen molar-refractivity contribution in [3.05, 3.63) is 51.2 Å². The third kappa shape index (κ3) is 3.25. The van der Waals surface area contributed by atoms with E-state index < -0.39 is 0 Å². The van der Waals surface area contributed by atoms with E-state index in [4.69, 9.17) is 17.3 Å². The lowest BCUT2D eigenvalue weighted by atomic mass is 10.1. The van der Waals surface area contributed by atoms with Crippen LogP contribution in [-0.4, -0.2) is 11.4 Å². The average molecular weight is 281 g/mol. The Morgan fingerprint density at radius 3 is 2.67 bits per heavy atom. The lowest BCUT2D eigenvalue weighted by Crippen LogP contribution is -2.22. The summed E-state index contributed by atoms with van der Waals surface area (Å²) in [7, 11) is 0. The number of nitrogens with zero attached hydrogens (tertiary/aromatic N) is 1. The largest absolute Gasteiger partial charge is 0.398 e. The number of hydrogen-bond donors (Lipinski definition) is 1. The first-order valence-corrected chi connectivity index (χ1v) is 7.24. The molecule has 0 aliphatic heterocycles. The fourth-order valence-corrected chi connectivity index (χ4v) is 2.86. The Kier molecular flexibility index (Phi) is 4.64. The Balaban J connectivity index is 2.10. The lowest BCUT2D eigenvalue weighted by Gasteiger charge is -2.21. The van der Waals surface area contributed by atoms with Gasteiger partial charge in [0.1, 0.15) is 0 Å². The van der Waals surface area contributed by atoms with Crippen molar-refractivity contribution in [3.63, 3.8) is 0 Å². The molecule has 2 nitrogen and oxygen atoms in total. The third-order valence-corrected chi connectivity index (χ3v) is 4.16. The van der Waals surface area contributed by atoms with E-state index in [9.17, 15) is 0 Å². The fourth-order valence-electron chi connectivity index (χ4n) is 1.87. The summed E-state index contributed by atoms with van der Waals surface area (Å²) in [5.74, 6) is 0. The van der Waals surface area contributed by atoms with Gasteiger partial charge < -0.3 is 5.73 Å². The van der Waals surface area contributed by atoms with E-state index in [2.05, 4.69) is 29.3 Å². The lowest BCUT2D eigenvalue weighted by molar-refractivity contribution is 0.274. The quantitative estimate of drug-likeness (QED) is 0.839. The minimum Gasteiger partial charge on any atom is -0.398 e. The maximum Gasteiger partial charge on any atom is 0.0471 e. The first kappa shape index (κ1) is 13.4. The molecule has 0 aliphatic rings. The minimum absolute atomic E-state index is 0.750. The summed E-state index contributed by atoms with van der Waals surface area (Å²) in [5, 5.41) is 2.85. The molecule has 0 saturated carbocycles. The van der Waals surface area contributed by atoms with E-state index in [0.717, 1.165) is 35.9 Å². The van der Waals surface area contributed by atoms with E-state index in [1.807, 2.05) is 18.2 Å². The van der Waals surface area contributed by atoms with Crippen molar-refractivity contribution in [2.75, 3.05) is 12.3 Å². The van der Waals surface area contributed by atoms with Crippen LogP contribution in [0.2, 0.25) is 5.02 Å². The summed E-state index contributed by atoms with van der Waals surface area (Å²) < 4.78 is 0. The summed E-state index contributed by atoms with van der Waals surface area (Å²) in [6.45, 7) is 4.86. The SMILES string of the molecule is CCN(Cc1cccs1)Cc1c(N)cccc1Cl. The van der Waals surface area contributed by atoms with Crippen LogP contribution < -0.4 is 5.73 Å². The summed E-state index contributed by atoms with van der Waals surface area (Å²) in [4.78, 5) is 3.70. The summed E-state index contributed by atoms with van der Waals surface area (Å²) in [6.07, 6.45) is 0. The van der Waals surface area contributed by atoms with Crippen LogP contribution in [0.3, 0.4) is 0 Å². The Morgan fingerprint density at radius 1 is 1.22 bits per heavy atom. The van der Waals surface area contributed by atoms with Gasteiger partial charge in [-0.05, 0) is 30.1 Å². The highest BCUT2D eigenvalue weighted by atomic mass is 35.5. The van der Waals surface area contributed by atoms with Crippen LogP contribution in [-0.2, 0) is 13.1 Å². The molecule has 96 valence electrons. The molecule has 0 saturated heterocycles. The zero-order chi connectivity index (χ0) is 13.0. The van der Waals surface area contributed by atoms with Crippen molar-refractivity contribution in [3.8, 4) is 0 Å². The zero-order valence-corrected chi connectivity index (χ0v) is 12.0. The highest BCUT2D eigenvalue weighted by Crippen LogP contribution is 2.24. The molecular weight excluding hydrogens is 264 g/mol. The van der Waals surface area contributed by atoms with Crippen LogP contribution in [0.5, 0.6) is 0 Å². The minimum atomic E-state index is 0.750. The number of benzene rings is 1. The van der Waals surface area contributed by atoms with Gasteiger partial charge in [0.2, 0.25) is 0 Å². The van der Waals surface area contributed by atoms with Crippen LogP contribution in [0.4, 0.5) is 5.69 Å². The van der Waals surface area contributed by atoms with Crippen molar-refractivity contribution in [1.29, 1.82) is 0 Å². The van der Waals surface area contributed by atoms with E-state index in [1.165, 1.54) is 4.88 Å². The summed E-state index contributed by atoms with van der Waals surface area (Å²) in [6, 6.07) is 9.92. The number of hydrogen-bond acceptors (Lipinski definition) is 3. The first-order valence-electron chi connectivity index (χ1n) is 5.98. The molecule has 0 amide bonds. The zero-order valence-electron chi connectivity index (χ0n) is 10.4. The van der Waals surface area contributed by atoms with Crippen LogP contribution >= 0.6 is 22.9 Å². The third-order valence-electron chi connectivity index (χ3n) is 2.94. The molecule has 1 heterocycles. The second-order valence-electron chi connectivity index (χ2n) is 4.19. The Morgan fingerprint density at radius 2 is 2.06 bits per heavy atom. The monoisotopic (exact) mass is 280 g/mol. The van der Waals surface area contributed by atoms with Crippen molar-refractivity contribution in [2.45, 2.75) is 20.0 Å². The van der Waals surface area contributed by atoms with E-state index in [1.54, 1.807) is 11.3 Å². The summed E-state index contributed by atoms with van der Waals surface area (Å²) >= 11 is 7.99. The number of nitrogens with two attached hydrogens (primary N) is 1. The number of halogens is 1. The molecule has 0 spiro atoms. The van der Waals surface area contributed by atoms with Crippen molar-refractivity contribution < 1.29 is 0 Å². The predicted octanol–water partition coefficient (Wildman–Crippen LogP) is 4.01. The molecule has 18 heavy (non-hydrogen) atoms. The molecule has 1 aromatic heterocycles. The predicted molar refractivity (Wildman–Crippen MR) is 80.0 cm³/mol. The Labute approximate surface area is 117 Å².